The topological polar surface area (TPSA) is 18.5 Å². The molecule has 0 aliphatic heterocycles. The number of hydrogen-bond donors (Lipinski definition) is 0. The highest BCUT2D eigenvalue weighted by Crippen LogP contribution is 2.41. The molecule has 0 aliphatic rings. The molecule has 3 aromatic rings. The van der Waals surface area contributed by atoms with Crippen molar-refractivity contribution >= 4 is 31.5 Å². The van der Waals surface area contributed by atoms with Gasteiger partial charge in [-0.15, -0.1) is 11.3 Å². The van der Waals surface area contributed by atoms with Gasteiger partial charge in [0.25, 0.3) is 0 Å². The lowest BCUT2D eigenvalue weighted by atomic mass is 10.1. The second kappa shape index (κ2) is 5.49. The fraction of sp³-hybridized carbons (Fsp3) is 0.0667. The summed E-state index contributed by atoms with van der Waals surface area (Å²) >= 11 is 0.875. The maximum atomic E-state index is 14.3. The monoisotopic (exact) mass is 328 g/mol. The van der Waals surface area contributed by atoms with Crippen LogP contribution in [0.25, 0.3) is 20.2 Å². The van der Waals surface area contributed by atoms with Crippen molar-refractivity contribution < 1.29 is 27.0 Å². The molecule has 0 amide bonds. The second-order valence-electron chi connectivity index (χ2n) is 4.34. The Morgan fingerprint density at radius 3 is 2.05 bits per heavy atom. The average molecular weight is 328 g/mol. The molecule has 22 heavy (non-hydrogen) atoms. The fourth-order valence-electron chi connectivity index (χ4n) is 2.16. The minimum atomic E-state index is -2.08. The Hall–Kier alpha value is -2.28. The summed E-state index contributed by atoms with van der Waals surface area (Å²) in [5.41, 5.74) is 0. The predicted molar refractivity (Wildman–Crippen MR) is 76.7 cm³/mol. The molecular weight excluding hydrogens is 320 g/mol. The summed E-state index contributed by atoms with van der Waals surface area (Å²) in [6, 6.07) is 5.80. The molecule has 0 N–H and O–H groups in total. The smallest absolute Gasteiger partial charge is 0.305 e. The quantitative estimate of drug-likeness (QED) is 0.470. The van der Waals surface area contributed by atoms with Crippen molar-refractivity contribution in [2.75, 3.05) is 7.11 Å². The third-order valence-electron chi connectivity index (χ3n) is 3.11. The van der Waals surface area contributed by atoms with Crippen LogP contribution < -0.4 is 9.47 Å². The van der Waals surface area contributed by atoms with Gasteiger partial charge in [-0.05, 0) is 24.3 Å². The van der Waals surface area contributed by atoms with Gasteiger partial charge in [-0.3, -0.25) is 0 Å². The summed E-state index contributed by atoms with van der Waals surface area (Å²) in [5, 5.41) is 1.01. The molecule has 7 heteroatoms. The molecule has 0 radical (unpaired) electrons. The SMILES string of the molecule is COc1ccc2c(sc3c(F)c(OC=C(F)F)ccc32)c1F. The number of fused-ring (bicyclic) bond motifs is 3. The van der Waals surface area contributed by atoms with Crippen molar-refractivity contribution in [1.29, 1.82) is 0 Å². The number of ether oxygens (including phenoxy) is 2. The van der Waals surface area contributed by atoms with Crippen LogP contribution in [0.15, 0.2) is 36.6 Å². The maximum Gasteiger partial charge on any atom is 0.305 e. The lowest BCUT2D eigenvalue weighted by Gasteiger charge is -2.02. The molecule has 0 saturated carbocycles. The van der Waals surface area contributed by atoms with E-state index in [1.165, 1.54) is 25.3 Å². The van der Waals surface area contributed by atoms with Crippen molar-refractivity contribution in [2.45, 2.75) is 0 Å². The zero-order valence-corrected chi connectivity index (χ0v) is 11.9. The van der Waals surface area contributed by atoms with E-state index in [4.69, 9.17) is 4.74 Å². The molecule has 2 nitrogen and oxygen atoms in total. The fourth-order valence-corrected chi connectivity index (χ4v) is 3.32. The lowest BCUT2D eigenvalue weighted by Crippen LogP contribution is -1.87. The van der Waals surface area contributed by atoms with Crippen molar-refractivity contribution in [3.63, 3.8) is 0 Å². The zero-order chi connectivity index (χ0) is 15.9. The van der Waals surface area contributed by atoms with E-state index in [0.717, 1.165) is 11.3 Å². The van der Waals surface area contributed by atoms with E-state index in [0.29, 0.717) is 10.8 Å². The molecule has 0 aliphatic carbocycles. The van der Waals surface area contributed by atoms with Gasteiger partial charge >= 0.3 is 6.08 Å². The molecule has 0 unspecified atom stereocenters. The molecule has 0 fully saturated rings. The van der Waals surface area contributed by atoms with Gasteiger partial charge in [-0.2, -0.15) is 8.78 Å². The Kier molecular flexibility index (Phi) is 3.66. The van der Waals surface area contributed by atoms with Gasteiger partial charge < -0.3 is 9.47 Å². The first-order valence-corrected chi connectivity index (χ1v) is 6.89. The molecule has 1 aromatic heterocycles. The molecule has 0 spiro atoms. The van der Waals surface area contributed by atoms with Crippen LogP contribution in [0.2, 0.25) is 0 Å². The van der Waals surface area contributed by atoms with Crippen LogP contribution in [-0.2, 0) is 0 Å². The van der Waals surface area contributed by atoms with Crippen molar-refractivity contribution in [3.8, 4) is 11.5 Å². The zero-order valence-electron chi connectivity index (χ0n) is 11.1. The van der Waals surface area contributed by atoms with E-state index >= 15 is 0 Å². The van der Waals surface area contributed by atoms with Crippen molar-refractivity contribution in [2.24, 2.45) is 0 Å². The van der Waals surface area contributed by atoms with E-state index in [-0.39, 0.29) is 27.2 Å². The molecule has 0 saturated heterocycles. The number of benzene rings is 2. The van der Waals surface area contributed by atoms with Gasteiger partial charge in [0.2, 0.25) is 0 Å². The number of halogens is 4. The summed E-state index contributed by atoms with van der Waals surface area (Å²) in [4.78, 5) is 0. The van der Waals surface area contributed by atoms with E-state index in [1.807, 2.05) is 0 Å². The third kappa shape index (κ3) is 2.27. The highest BCUT2D eigenvalue weighted by molar-refractivity contribution is 7.25. The molecule has 0 atom stereocenters. The molecule has 0 bridgehead atoms. The highest BCUT2D eigenvalue weighted by atomic mass is 32.1. The number of rotatable bonds is 3. The number of methoxy groups -OCH3 is 1. The van der Waals surface area contributed by atoms with Crippen LogP contribution in [0.4, 0.5) is 17.6 Å². The van der Waals surface area contributed by atoms with E-state index in [1.54, 1.807) is 6.07 Å². The van der Waals surface area contributed by atoms with E-state index < -0.39 is 17.7 Å². The Balaban J connectivity index is 2.25. The maximum absolute atomic E-state index is 14.3. The Morgan fingerprint density at radius 2 is 1.50 bits per heavy atom. The van der Waals surface area contributed by atoms with E-state index in [9.17, 15) is 17.6 Å². The summed E-state index contributed by atoms with van der Waals surface area (Å²) in [5.74, 6) is -1.69. The van der Waals surface area contributed by atoms with Crippen LogP contribution in [0.1, 0.15) is 0 Å². The first-order chi connectivity index (χ1) is 10.5. The first kappa shape index (κ1) is 14.6. The minimum Gasteiger partial charge on any atom is -0.494 e. The minimum absolute atomic E-state index is 0.0540. The van der Waals surface area contributed by atoms with Crippen LogP contribution in [-0.4, -0.2) is 7.11 Å². The first-order valence-electron chi connectivity index (χ1n) is 6.08. The standard InChI is InChI=1S/C15H8F4O2S/c1-20-9-4-2-7-8-3-5-10(21-6-11(16)17)13(19)15(8)22-14(7)12(9)18/h2-6H,1H3. The second-order valence-corrected chi connectivity index (χ2v) is 5.36. The average Bonchev–Trinajstić information content (AvgIpc) is 2.87. The Morgan fingerprint density at radius 1 is 0.955 bits per heavy atom. The molecular formula is C15H8F4O2S. The molecule has 2 aromatic carbocycles. The highest BCUT2D eigenvalue weighted by Gasteiger charge is 2.18. The van der Waals surface area contributed by atoms with E-state index in [2.05, 4.69) is 4.74 Å². The van der Waals surface area contributed by atoms with Gasteiger partial charge in [0.05, 0.1) is 16.5 Å². The van der Waals surface area contributed by atoms with Crippen molar-refractivity contribution in [1.82, 2.24) is 0 Å². The van der Waals surface area contributed by atoms with Crippen molar-refractivity contribution in [3.05, 3.63) is 48.2 Å². The van der Waals surface area contributed by atoms with Crippen LogP contribution in [0.5, 0.6) is 11.5 Å². The molecule has 1 heterocycles. The number of hydrogen-bond acceptors (Lipinski definition) is 3. The van der Waals surface area contributed by atoms with Crippen LogP contribution >= 0.6 is 11.3 Å². The third-order valence-corrected chi connectivity index (χ3v) is 4.32. The van der Waals surface area contributed by atoms with Gasteiger partial charge in [-0.25, -0.2) is 8.78 Å². The van der Waals surface area contributed by atoms with Crippen LogP contribution in [0.3, 0.4) is 0 Å². The summed E-state index contributed by atoms with van der Waals surface area (Å²) in [7, 11) is 1.34. The largest absolute Gasteiger partial charge is 0.494 e. The molecule has 3 rings (SSSR count). The van der Waals surface area contributed by atoms with Gasteiger partial charge in [0.1, 0.15) is 0 Å². The van der Waals surface area contributed by atoms with Gasteiger partial charge in [-0.1, -0.05) is 0 Å². The normalized spacial score (nSPS) is 11.0. The summed E-state index contributed by atoms with van der Waals surface area (Å²) < 4.78 is 62.4. The van der Waals surface area contributed by atoms with Gasteiger partial charge in [0.15, 0.2) is 29.4 Å². The van der Waals surface area contributed by atoms with Crippen LogP contribution in [0, 0.1) is 11.6 Å². The Labute approximate surface area is 126 Å². The summed E-state index contributed by atoms with van der Waals surface area (Å²) in [6.07, 6.45) is -1.92. The number of thiophene rings is 1. The molecule has 114 valence electrons. The van der Waals surface area contributed by atoms with Gasteiger partial charge in [0, 0.05) is 10.8 Å². The Bertz CT molecular complexity index is 898. The summed E-state index contributed by atoms with van der Waals surface area (Å²) in [6.45, 7) is 0. The predicted octanol–water partition coefficient (Wildman–Crippen LogP) is 5.46. The lowest BCUT2D eigenvalue weighted by molar-refractivity contribution is 0.357.